The van der Waals surface area contributed by atoms with Gasteiger partial charge in [0, 0.05) is 25.2 Å². The lowest BCUT2D eigenvalue weighted by Crippen LogP contribution is -2.44. The maximum Gasteiger partial charge on any atom is 0.166 e. The molecule has 162 valence electrons. The van der Waals surface area contributed by atoms with E-state index in [0.717, 1.165) is 47.0 Å². The summed E-state index contributed by atoms with van der Waals surface area (Å²) in [5.74, 6) is 3.54. The van der Waals surface area contributed by atoms with E-state index in [2.05, 4.69) is 45.5 Å². The summed E-state index contributed by atoms with van der Waals surface area (Å²) in [5.41, 5.74) is 2.50. The minimum Gasteiger partial charge on any atom is -0.360 e. The second kappa shape index (κ2) is 8.99. The topological polar surface area (TPSA) is 48.1 Å². The Labute approximate surface area is 191 Å². The SMILES string of the molecule is S=C(NCc1cccc(CNC(=S)N[C@@H]2C[C@@H]3CC[C@@H]2C3)c1)N[C@H]1C[C@H]2CC[C@@H]1C2. The summed E-state index contributed by atoms with van der Waals surface area (Å²) in [5, 5.41) is 15.5. The first-order chi connectivity index (χ1) is 14.6. The van der Waals surface area contributed by atoms with E-state index in [1.807, 2.05) is 0 Å². The summed E-state index contributed by atoms with van der Waals surface area (Å²) >= 11 is 11.1. The quantitative estimate of drug-likeness (QED) is 0.500. The first kappa shape index (κ1) is 20.5. The molecule has 4 saturated carbocycles. The standard InChI is InChI=1S/C24H34N4S2/c29-23(27-21-11-15-4-6-19(21)9-15)25-13-17-2-1-3-18(8-17)14-26-24(30)28-22-12-16-5-7-20(22)10-16/h1-3,8,15-16,19-22H,4-7,9-14H2,(H2,25,27,29)(H2,26,28,30)/t15-,16+,19-,20-,21-,22+/m1/s1. The molecule has 0 aliphatic heterocycles. The molecule has 6 atom stereocenters. The molecule has 0 aromatic heterocycles. The number of hydrogen-bond acceptors (Lipinski definition) is 2. The fourth-order valence-electron chi connectivity index (χ4n) is 6.50. The molecule has 4 nitrogen and oxygen atoms in total. The summed E-state index contributed by atoms with van der Waals surface area (Å²) in [6, 6.07) is 9.84. The van der Waals surface area contributed by atoms with Gasteiger partial charge in [-0.25, -0.2) is 0 Å². The fourth-order valence-corrected chi connectivity index (χ4v) is 6.94. The van der Waals surface area contributed by atoms with Crippen molar-refractivity contribution in [2.24, 2.45) is 23.7 Å². The van der Waals surface area contributed by atoms with Crippen LogP contribution in [0, 0.1) is 23.7 Å². The Morgan fingerprint density at radius 3 is 1.63 bits per heavy atom. The number of fused-ring (bicyclic) bond motifs is 4. The minimum atomic E-state index is 0.586. The Morgan fingerprint density at radius 1 is 0.733 bits per heavy atom. The van der Waals surface area contributed by atoms with Crippen LogP contribution in [0.15, 0.2) is 24.3 Å². The van der Waals surface area contributed by atoms with Crippen LogP contribution in [0.2, 0.25) is 0 Å². The van der Waals surface area contributed by atoms with E-state index in [0.29, 0.717) is 12.1 Å². The van der Waals surface area contributed by atoms with Gasteiger partial charge >= 0.3 is 0 Å². The summed E-state index contributed by atoms with van der Waals surface area (Å²) in [6.07, 6.45) is 11.0. The molecule has 4 N–H and O–H groups in total. The zero-order valence-corrected chi connectivity index (χ0v) is 19.3. The molecule has 0 spiro atoms. The first-order valence-electron chi connectivity index (χ1n) is 11.8. The summed E-state index contributed by atoms with van der Waals surface area (Å²) < 4.78 is 0. The molecule has 0 unspecified atom stereocenters. The van der Waals surface area contributed by atoms with Gasteiger partial charge in [0.1, 0.15) is 0 Å². The van der Waals surface area contributed by atoms with Gasteiger partial charge in [-0.1, -0.05) is 37.1 Å². The maximum absolute atomic E-state index is 5.55. The van der Waals surface area contributed by atoms with Crippen LogP contribution in [0.1, 0.15) is 62.5 Å². The van der Waals surface area contributed by atoms with Gasteiger partial charge in [0.25, 0.3) is 0 Å². The molecule has 0 heterocycles. The molecule has 1 aromatic carbocycles. The molecule has 6 heteroatoms. The van der Waals surface area contributed by atoms with Gasteiger partial charge in [-0.3, -0.25) is 0 Å². The summed E-state index contributed by atoms with van der Waals surface area (Å²) in [6.45, 7) is 1.52. The Hall–Kier alpha value is -1.40. The molecule has 4 fully saturated rings. The van der Waals surface area contributed by atoms with Crippen molar-refractivity contribution in [2.75, 3.05) is 0 Å². The Kier molecular flexibility index (Phi) is 6.15. The number of nitrogens with one attached hydrogen (secondary N) is 4. The van der Waals surface area contributed by atoms with Crippen LogP contribution >= 0.6 is 24.4 Å². The van der Waals surface area contributed by atoms with Crippen LogP contribution in [-0.2, 0) is 13.1 Å². The number of hydrogen-bond donors (Lipinski definition) is 4. The molecule has 4 bridgehead atoms. The van der Waals surface area contributed by atoms with Crippen molar-refractivity contribution in [2.45, 2.75) is 76.5 Å². The fraction of sp³-hybridized carbons (Fsp3) is 0.667. The third kappa shape index (κ3) is 4.75. The molecule has 5 rings (SSSR count). The van der Waals surface area contributed by atoms with Gasteiger partial charge in [-0.05, 0) is 97.8 Å². The van der Waals surface area contributed by atoms with E-state index in [4.69, 9.17) is 24.4 Å². The van der Waals surface area contributed by atoms with E-state index in [-0.39, 0.29) is 0 Å². The average molecular weight is 443 g/mol. The number of thiocarbonyl (C=S) groups is 2. The van der Waals surface area contributed by atoms with Gasteiger partial charge in [0.15, 0.2) is 10.2 Å². The smallest absolute Gasteiger partial charge is 0.166 e. The molecular formula is C24H34N4S2. The third-order valence-electron chi connectivity index (χ3n) is 8.01. The first-order valence-corrected chi connectivity index (χ1v) is 12.6. The Bertz CT molecular complexity index is 736. The monoisotopic (exact) mass is 442 g/mol. The Balaban J connectivity index is 1.04. The second-order valence-electron chi connectivity index (χ2n) is 10.0. The molecular weight excluding hydrogens is 408 g/mol. The zero-order valence-electron chi connectivity index (χ0n) is 17.7. The van der Waals surface area contributed by atoms with E-state index in [1.165, 1.54) is 62.5 Å². The van der Waals surface area contributed by atoms with Crippen molar-refractivity contribution < 1.29 is 0 Å². The molecule has 0 amide bonds. The highest BCUT2D eigenvalue weighted by molar-refractivity contribution is 7.80. The molecule has 0 radical (unpaired) electrons. The van der Waals surface area contributed by atoms with Crippen LogP contribution in [0.5, 0.6) is 0 Å². The molecule has 4 aliphatic rings. The Morgan fingerprint density at radius 2 is 1.23 bits per heavy atom. The molecule has 4 aliphatic carbocycles. The predicted octanol–water partition coefficient (Wildman–Crippen LogP) is 3.99. The van der Waals surface area contributed by atoms with Crippen LogP contribution in [0.3, 0.4) is 0 Å². The predicted molar refractivity (Wildman–Crippen MR) is 130 cm³/mol. The van der Waals surface area contributed by atoms with Gasteiger partial charge < -0.3 is 21.3 Å². The van der Waals surface area contributed by atoms with Crippen molar-refractivity contribution in [3.05, 3.63) is 35.4 Å². The van der Waals surface area contributed by atoms with Crippen LogP contribution in [0.25, 0.3) is 0 Å². The summed E-state index contributed by atoms with van der Waals surface area (Å²) in [4.78, 5) is 0. The van der Waals surface area contributed by atoms with Gasteiger partial charge in [0.05, 0.1) is 0 Å². The van der Waals surface area contributed by atoms with Crippen molar-refractivity contribution >= 4 is 34.7 Å². The van der Waals surface area contributed by atoms with Crippen molar-refractivity contribution in [1.82, 2.24) is 21.3 Å². The van der Waals surface area contributed by atoms with Crippen LogP contribution in [0.4, 0.5) is 0 Å². The third-order valence-corrected chi connectivity index (χ3v) is 8.53. The minimum absolute atomic E-state index is 0.586. The lowest BCUT2D eigenvalue weighted by atomic mass is 9.95. The normalized spacial score (nSPS) is 33.5. The molecule has 0 saturated heterocycles. The summed E-state index contributed by atoms with van der Waals surface area (Å²) in [7, 11) is 0. The number of rotatable bonds is 6. The van der Waals surface area contributed by atoms with E-state index in [9.17, 15) is 0 Å². The zero-order chi connectivity index (χ0) is 20.5. The largest absolute Gasteiger partial charge is 0.360 e. The average Bonchev–Trinajstić information content (AvgIpc) is 3.53. The highest BCUT2D eigenvalue weighted by Gasteiger charge is 2.40. The van der Waals surface area contributed by atoms with E-state index >= 15 is 0 Å². The van der Waals surface area contributed by atoms with Gasteiger partial charge in [-0.15, -0.1) is 0 Å². The van der Waals surface area contributed by atoms with Crippen molar-refractivity contribution in [1.29, 1.82) is 0 Å². The van der Waals surface area contributed by atoms with E-state index < -0.39 is 0 Å². The molecule has 1 aromatic rings. The van der Waals surface area contributed by atoms with Gasteiger partial charge in [0.2, 0.25) is 0 Å². The lowest BCUT2D eigenvalue weighted by molar-refractivity contribution is 0.389. The second-order valence-corrected chi connectivity index (χ2v) is 10.9. The van der Waals surface area contributed by atoms with Gasteiger partial charge in [-0.2, -0.15) is 0 Å². The van der Waals surface area contributed by atoms with E-state index in [1.54, 1.807) is 0 Å². The number of benzene rings is 1. The highest BCUT2D eigenvalue weighted by Crippen LogP contribution is 2.45. The van der Waals surface area contributed by atoms with Crippen LogP contribution in [-0.4, -0.2) is 22.3 Å². The van der Waals surface area contributed by atoms with Crippen molar-refractivity contribution in [3.63, 3.8) is 0 Å². The lowest BCUT2D eigenvalue weighted by Gasteiger charge is -2.25. The maximum atomic E-state index is 5.55. The molecule has 30 heavy (non-hydrogen) atoms. The van der Waals surface area contributed by atoms with Crippen molar-refractivity contribution in [3.8, 4) is 0 Å². The van der Waals surface area contributed by atoms with Crippen LogP contribution < -0.4 is 21.3 Å². The highest BCUT2D eigenvalue weighted by atomic mass is 32.1.